The Morgan fingerprint density at radius 1 is 1.40 bits per heavy atom. The number of imide groups is 1. The van der Waals surface area contributed by atoms with Crippen LogP contribution in [-0.2, 0) is 11.3 Å². The van der Waals surface area contributed by atoms with Crippen LogP contribution in [-0.4, -0.2) is 24.6 Å². The summed E-state index contributed by atoms with van der Waals surface area (Å²) in [6.45, 7) is 6.08. The van der Waals surface area contributed by atoms with E-state index in [-0.39, 0.29) is 0 Å². The number of amides is 3. The van der Waals surface area contributed by atoms with Gasteiger partial charge in [-0.1, -0.05) is 12.1 Å². The lowest BCUT2D eigenvalue weighted by Gasteiger charge is -2.16. The fraction of sp³-hybridized carbons (Fsp3) is 0.429. The number of carbonyl (C=O) groups excluding carboxylic acids is 2. The Morgan fingerprint density at radius 3 is 2.70 bits per heavy atom. The monoisotopic (exact) mass is 279 g/mol. The predicted octanol–water partition coefficient (Wildman–Crippen LogP) is 1.07. The van der Waals surface area contributed by atoms with Gasteiger partial charge in [-0.2, -0.15) is 0 Å². The Hall–Kier alpha value is -2.08. The maximum absolute atomic E-state index is 11.8. The summed E-state index contributed by atoms with van der Waals surface area (Å²) in [4.78, 5) is 23.0. The summed E-state index contributed by atoms with van der Waals surface area (Å²) in [7, 11) is 0. The molecule has 0 aromatic heterocycles. The van der Waals surface area contributed by atoms with Crippen LogP contribution in [0.1, 0.15) is 25.0 Å². The average molecular weight is 279 g/mol. The average Bonchev–Trinajstić information content (AvgIpc) is 2.41. The number of hydrogen-bond acceptors (Lipinski definition) is 4. The Balaban J connectivity index is 2.67. The molecule has 3 amide bonds. The Kier molecular flexibility index (Phi) is 5.99. The summed E-state index contributed by atoms with van der Waals surface area (Å²) in [6, 6.07) is 5.05. The third-order valence-electron chi connectivity index (χ3n) is 2.74. The number of carbonyl (C=O) groups is 2. The van der Waals surface area contributed by atoms with E-state index in [9.17, 15) is 9.59 Å². The molecule has 110 valence electrons. The second-order valence-electron chi connectivity index (χ2n) is 4.41. The van der Waals surface area contributed by atoms with Crippen LogP contribution in [0.3, 0.4) is 0 Å². The quantitative estimate of drug-likeness (QED) is 0.751. The van der Waals surface area contributed by atoms with Crippen molar-refractivity contribution in [3.05, 3.63) is 29.3 Å². The van der Waals surface area contributed by atoms with E-state index in [0.717, 1.165) is 11.1 Å². The largest absolute Gasteiger partial charge is 0.481 e. The van der Waals surface area contributed by atoms with Crippen LogP contribution in [0.4, 0.5) is 4.79 Å². The lowest BCUT2D eigenvalue weighted by molar-refractivity contribution is -0.126. The summed E-state index contributed by atoms with van der Waals surface area (Å²) in [6.07, 6.45) is -0.774. The minimum absolute atomic E-state index is 0.399. The zero-order valence-corrected chi connectivity index (χ0v) is 12.0. The SMILES string of the molecule is CCNC(=O)NC(=O)C(C)Oc1cc(CN)ccc1C. The van der Waals surface area contributed by atoms with E-state index >= 15 is 0 Å². The Morgan fingerprint density at radius 2 is 2.10 bits per heavy atom. The molecule has 1 unspecified atom stereocenters. The Labute approximate surface area is 118 Å². The van der Waals surface area contributed by atoms with Gasteiger partial charge in [0.2, 0.25) is 0 Å². The van der Waals surface area contributed by atoms with Gasteiger partial charge in [-0.25, -0.2) is 4.79 Å². The van der Waals surface area contributed by atoms with Crippen molar-refractivity contribution in [1.82, 2.24) is 10.6 Å². The molecule has 6 nitrogen and oxygen atoms in total. The molecule has 0 heterocycles. The van der Waals surface area contributed by atoms with Crippen molar-refractivity contribution < 1.29 is 14.3 Å². The first-order valence-electron chi connectivity index (χ1n) is 6.52. The van der Waals surface area contributed by atoms with Gasteiger partial charge in [0.25, 0.3) is 5.91 Å². The second-order valence-corrected chi connectivity index (χ2v) is 4.41. The lowest BCUT2D eigenvalue weighted by atomic mass is 10.1. The molecule has 0 fully saturated rings. The highest BCUT2D eigenvalue weighted by Gasteiger charge is 2.18. The van der Waals surface area contributed by atoms with Gasteiger partial charge in [0.15, 0.2) is 6.10 Å². The first-order chi connectivity index (χ1) is 9.47. The minimum atomic E-state index is -0.774. The summed E-state index contributed by atoms with van der Waals surface area (Å²) in [5, 5.41) is 4.69. The van der Waals surface area contributed by atoms with Gasteiger partial charge >= 0.3 is 6.03 Å². The van der Waals surface area contributed by atoms with Gasteiger partial charge in [-0.05, 0) is 38.0 Å². The number of ether oxygens (including phenoxy) is 1. The van der Waals surface area contributed by atoms with Crippen LogP contribution in [0.5, 0.6) is 5.75 Å². The summed E-state index contributed by atoms with van der Waals surface area (Å²) < 4.78 is 5.58. The standard InChI is InChI=1S/C14H21N3O3/c1-4-16-14(19)17-13(18)10(3)20-12-7-11(8-15)6-5-9(12)2/h5-7,10H,4,8,15H2,1-3H3,(H2,16,17,18,19). The van der Waals surface area contributed by atoms with E-state index in [0.29, 0.717) is 18.8 Å². The topological polar surface area (TPSA) is 93.5 Å². The number of urea groups is 1. The van der Waals surface area contributed by atoms with Crippen LogP contribution in [0.15, 0.2) is 18.2 Å². The molecular weight excluding hydrogens is 258 g/mol. The van der Waals surface area contributed by atoms with Crippen molar-refractivity contribution >= 4 is 11.9 Å². The molecular formula is C14H21N3O3. The fourth-order valence-electron chi connectivity index (χ4n) is 1.56. The van der Waals surface area contributed by atoms with E-state index < -0.39 is 18.0 Å². The van der Waals surface area contributed by atoms with E-state index in [1.165, 1.54) is 0 Å². The molecule has 0 radical (unpaired) electrons. The van der Waals surface area contributed by atoms with E-state index in [1.807, 2.05) is 19.1 Å². The van der Waals surface area contributed by atoms with E-state index in [1.54, 1.807) is 19.9 Å². The van der Waals surface area contributed by atoms with Gasteiger partial charge in [-0.15, -0.1) is 0 Å². The molecule has 0 aliphatic carbocycles. The van der Waals surface area contributed by atoms with Crippen LogP contribution in [0.25, 0.3) is 0 Å². The van der Waals surface area contributed by atoms with Crippen molar-refractivity contribution in [2.24, 2.45) is 5.73 Å². The van der Waals surface area contributed by atoms with Crippen LogP contribution in [0, 0.1) is 6.92 Å². The number of aryl methyl sites for hydroxylation is 1. The van der Waals surface area contributed by atoms with Gasteiger partial charge in [0.05, 0.1) is 0 Å². The molecule has 1 aromatic rings. The highest BCUT2D eigenvalue weighted by atomic mass is 16.5. The van der Waals surface area contributed by atoms with Crippen molar-refractivity contribution in [2.75, 3.05) is 6.54 Å². The summed E-state index contributed by atoms with van der Waals surface area (Å²) >= 11 is 0. The van der Waals surface area contributed by atoms with Crippen LogP contribution in [0.2, 0.25) is 0 Å². The molecule has 0 bridgehead atoms. The van der Waals surface area contributed by atoms with Gasteiger partial charge in [-0.3, -0.25) is 10.1 Å². The number of rotatable bonds is 5. The number of hydrogen-bond donors (Lipinski definition) is 3. The van der Waals surface area contributed by atoms with Gasteiger partial charge in [0.1, 0.15) is 5.75 Å². The van der Waals surface area contributed by atoms with Gasteiger partial charge in [0, 0.05) is 13.1 Å². The first kappa shape index (κ1) is 16.0. The van der Waals surface area contributed by atoms with Crippen LogP contribution >= 0.6 is 0 Å². The van der Waals surface area contributed by atoms with Crippen molar-refractivity contribution in [3.63, 3.8) is 0 Å². The zero-order valence-electron chi connectivity index (χ0n) is 12.0. The zero-order chi connectivity index (χ0) is 15.1. The molecule has 0 saturated carbocycles. The maximum Gasteiger partial charge on any atom is 0.321 e. The Bertz CT molecular complexity index is 489. The van der Waals surface area contributed by atoms with E-state index in [2.05, 4.69) is 10.6 Å². The lowest BCUT2D eigenvalue weighted by Crippen LogP contribution is -2.45. The van der Waals surface area contributed by atoms with Crippen molar-refractivity contribution in [3.8, 4) is 5.75 Å². The highest BCUT2D eigenvalue weighted by Crippen LogP contribution is 2.20. The van der Waals surface area contributed by atoms with Crippen molar-refractivity contribution in [1.29, 1.82) is 0 Å². The summed E-state index contributed by atoms with van der Waals surface area (Å²) in [5.74, 6) is 0.0972. The third-order valence-corrected chi connectivity index (χ3v) is 2.74. The normalized spacial score (nSPS) is 11.6. The molecule has 1 rings (SSSR count). The second kappa shape index (κ2) is 7.49. The van der Waals surface area contributed by atoms with Crippen LogP contribution < -0.4 is 21.1 Å². The molecule has 0 saturated heterocycles. The highest BCUT2D eigenvalue weighted by molar-refractivity contribution is 5.96. The molecule has 20 heavy (non-hydrogen) atoms. The number of nitrogens with one attached hydrogen (secondary N) is 2. The maximum atomic E-state index is 11.8. The molecule has 6 heteroatoms. The molecule has 0 spiro atoms. The molecule has 1 atom stereocenters. The molecule has 0 aliphatic rings. The number of benzene rings is 1. The molecule has 0 aliphatic heterocycles. The first-order valence-corrected chi connectivity index (χ1v) is 6.52. The fourth-order valence-corrected chi connectivity index (χ4v) is 1.56. The summed E-state index contributed by atoms with van der Waals surface area (Å²) in [5.41, 5.74) is 7.39. The predicted molar refractivity (Wildman–Crippen MR) is 76.4 cm³/mol. The molecule has 4 N–H and O–H groups in total. The van der Waals surface area contributed by atoms with E-state index in [4.69, 9.17) is 10.5 Å². The van der Waals surface area contributed by atoms with Gasteiger partial charge < -0.3 is 15.8 Å². The van der Waals surface area contributed by atoms with Crippen molar-refractivity contribution in [2.45, 2.75) is 33.4 Å². The smallest absolute Gasteiger partial charge is 0.321 e. The number of nitrogens with two attached hydrogens (primary N) is 1. The minimum Gasteiger partial charge on any atom is -0.481 e. The molecule has 1 aromatic carbocycles. The third kappa shape index (κ3) is 4.55.